The first-order chi connectivity index (χ1) is 14.7. The van der Waals surface area contributed by atoms with Gasteiger partial charge in [0.15, 0.2) is 0 Å². The number of para-hydroxylation sites is 1. The normalized spacial score (nSPS) is 12.1. The molecule has 6 nitrogen and oxygen atoms in total. The minimum absolute atomic E-state index is 0.240. The summed E-state index contributed by atoms with van der Waals surface area (Å²) < 4.78 is 31.5. The van der Waals surface area contributed by atoms with Gasteiger partial charge in [-0.3, -0.25) is 9.10 Å². The second-order valence-electron chi connectivity index (χ2n) is 7.38. The van der Waals surface area contributed by atoms with Crippen molar-refractivity contribution in [1.82, 2.24) is 5.32 Å². The Morgan fingerprint density at radius 1 is 0.935 bits per heavy atom. The zero-order valence-electron chi connectivity index (χ0n) is 17.8. The fourth-order valence-electron chi connectivity index (χ4n) is 3.06. The molecule has 7 heteroatoms. The highest BCUT2D eigenvalue weighted by Crippen LogP contribution is 2.25. The van der Waals surface area contributed by atoms with Crippen LogP contribution in [0.3, 0.4) is 0 Å². The monoisotopic (exact) mass is 438 g/mol. The first kappa shape index (κ1) is 22.4. The molecule has 0 heterocycles. The molecule has 0 unspecified atom stereocenters. The lowest BCUT2D eigenvalue weighted by molar-refractivity contribution is -0.120. The van der Waals surface area contributed by atoms with Crippen molar-refractivity contribution in [2.45, 2.75) is 19.9 Å². The van der Waals surface area contributed by atoms with Crippen molar-refractivity contribution in [3.8, 4) is 11.5 Å². The van der Waals surface area contributed by atoms with E-state index in [9.17, 15) is 13.2 Å². The third kappa shape index (κ3) is 6.33. The fourth-order valence-corrected chi connectivity index (χ4v) is 3.92. The predicted octanol–water partition coefficient (Wildman–Crippen LogP) is 4.43. The number of carbonyl (C=O) groups is 1. The molecule has 0 saturated heterocycles. The van der Waals surface area contributed by atoms with Crippen LogP contribution in [0.15, 0.2) is 78.9 Å². The molecule has 162 valence electrons. The smallest absolute Gasteiger partial charge is 0.241 e. The zero-order chi connectivity index (χ0) is 22.4. The third-order valence-electron chi connectivity index (χ3n) is 4.75. The molecular weight excluding hydrogens is 412 g/mol. The van der Waals surface area contributed by atoms with Gasteiger partial charge in [0.05, 0.1) is 18.0 Å². The minimum Gasteiger partial charge on any atom is -0.457 e. The number of benzene rings is 3. The summed E-state index contributed by atoms with van der Waals surface area (Å²) in [6.45, 7) is 3.55. The number of hydrogen-bond donors (Lipinski definition) is 1. The minimum atomic E-state index is -3.66. The Morgan fingerprint density at radius 3 is 2.10 bits per heavy atom. The Bertz CT molecular complexity index is 1110. The zero-order valence-corrected chi connectivity index (χ0v) is 18.6. The van der Waals surface area contributed by atoms with Crippen molar-refractivity contribution in [1.29, 1.82) is 0 Å². The molecule has 0 aliphatic rings. The Hall–Kier alpha value is -3.32. The van der Waals surface area contributed by atoms with Crippen molar-refractivity contribution in [2.24, 2.45) is 0 Å². The molecule has 0 aliphatic carbocycles. The van der Waals surface area contributed by atoms with E-state index in [1.54, 1.807) is 24.3 Å². The summed E-state index contributed by atoms with van der Waals surface area (Å²) in [6, 6.07) is 23.5. The van der Waals surface area contributed by atoms with Gasteiger partial charge < -0.3 is 10.1 Å². The van der Waals surface area contributed by atoms with Gasteiger partial charge in [-0.1, -0.05) is 48.0 Å². The number of anilines is 1. The third-order valence-corrected chi connectivity index (χ3v) is 5.89. The Balaban J connectivity index is 1.70. The van der Waals surface area contributed by atoms with Crippen LogP contribution in [0, 0.1) is 6.92 Å². The lowest BCUT2D eigenvalue weighted by atomic mass is 10.1. The molecule has 3 aromatic rings. The number of hydrogen-bond acceptors (Lipinski definition) is 4. The maximum Gasteiger partial charge on any atom is 0.241 e. The van der Waals surface area contributed by atoms with Crippen LogP contribution in [-0.2, 0) is 14.8 Å². The van der Waals surface area contributed by atoms with Crippen LogP contribution < -0.4 is 14.4 Å². The number of nitrogens with zero attached hydrogens (tertiary/aromatic N) is 1. The van der Waals surface area contributed by atoms with Gasteiger partial charge in [-0.05, 0) is 55.8 Å². The van der Waals surface area contributed by atoms with Crippen LogP contribution in [0.5, 0.6) is 11.5 Å². The lowest BCUT2D eigenvalue weighted by Gasteiger charge is -2.23. The average Bonchev–Trinajstić information content (AvgIpc) is 2.73. The van der Waals surface area contributed by atoms with Gasteiger partial charge in [0.2, 0.25) is 15.9 Å². The number of aryl methyl sites for hydroxylation is 1. The molecule has 1 atom stereocenters. The summed E-state index contributed by atoms with van der Waals surface area (Å²) in [4.78, 5) is 12.6. The molecule has 0 saturated carbocycles. The molecule has 3 aromatic carbocycles. The van der Waals surface area contributed by atoms with Gasteiger partial charge in [-0.25, -0.2) is 8.42 Å². The quantitative estimate of drug-likeness (QED) is 0.565. The Kier molecular flexibility index (Phi) is 6.97. The predicted molar refractivity (Wildman–Crippen MR) is 123 cm³/mol. The van der Waals surface area contributed by atoms with Gasteiger partial charge in [0.1, 0.15) is 18.0 Å². The van der Waals surface area contributed by atoms with Gasteiger partial charge in [-0.15, -0.1) is 0 Å². The first-order valence-electron chi connectivity index (χ1n) is 9.89. The summed E-state index contributed by atoms with van der Waals surface area (Å²) in [7, 11) is -3.66. The van der Waals surface area contributed by atoms with Gasteiger partial charge >= 0.3 is 0 Å². The molecule has 0 radical (unpaired) electrons. The SMILES string of the molecule is Cc1ccc([C@H](C)NC(=O)CN(c2ccc(Oc3ccccc3)cc2)S(C)(=O)=O)cc1. The summed E-state index contributed by atoms with van der Waals surface area (Å²) in [6.07, 6.45) is 1.08. The summed E-state index contributed by atoms with van der Waals surface area (Å²) in [5.41, 5.74) is 2.47. The van der Waals surface area contributed by atoms with Crippen molar-refractivity contribution < 1.29 is 17.9 Å². The number of carbonyl (C=O) groups excluding carboxylic acids is 1. The van der Waals surface area contributed by atoms with Crippen LogP contribution in [0.2, 0.25) is 0 Å². The summed E-state index contributed by atoms with van der Waals surface area (Å²) in [5.74, 6) is 0.864. The van der Waals surface area contributed by atoms with Crippen molar-refractivity contribution in [2.75, 3.05) is 17.1 Å². The van der Waals surface area contributed by atoms with Crippen LogP contribution in [-0.4, -0.2) is 27.1 Å². The maximum absolute atomic E-state index is 12.6. The van der Waals surface area contributed by atoms with E-state index in [1.807, 2.05) is 68.4 Å². The Morgan fingerprint density at radius 2 is 1.52 bits per heavy atom. The van der Waals surface area contributed by atoms with E-state index >= 15 is 0 Å². The topological polar surface area (TPSA) is 75.7 Å². The summed E-state index contributed by atoms with van der Waals surface area (Å²) >= 11 is 0. The van der Waals surface area contributed by atoms with Crippen LogP contribution in [0.4, 0.5) is 5.69 Å². The highest BCUT2D eigenvalue weighted by Gasteiger charge is 2.22. The average molecular weight is 439 g/mol. The van der Waals surface area contributed by atoms with E-state index in [4.69, 9.17) is 4.74 Å². The van der Waals surface area contributed by atoms with E-state index in [1.165, 1.54) is 0 Å². The standard InChI is InChI=1S/C24H26N2O4S/c1-18-9-11-20(12-10-18)19(2)25-24(27)17-26(31(3,28)29)21-13-15-23(16-14-21)30-22-7-5-4-6-8-22/h4-16,19H,17H2,1-3H3,(H,25,27)/t19-/m0/s1. The van der Waals surface area contributed by atoms with Gasteiger partial charge in [0.25, 0.3) is 0 Å². The lowest BCUT2D eigenvalue weighted by Crippen LogP contribution is -2.41. The largest absolute Gasteiger partial charge is 0.457 e. The molecule has 0 spiro atoms. The maximum atomic E-state index is 12.6. The number of rotatable bonds is 8. The number of ether oxygens (including phenoxy) is 1. The number of sulfonamides is 1. The molecule has 0 fully saturated rings. The molecule has 0 aromatic heterocycles. The van der Waals surface area contributed by atoms with E-state index in [2.05, 4.69) is 5.32 Å². The molecule has 1 amide bonds. The Labute approximate surface area is 183 Å². The molecule has 31 heavy (non-hydrogen) atoms. The van der Waals surface area contributed by atoms with E-state index in [0.717, 1.165) is 21.7 Å². The van der Waals surface area contributed by atoms with Crippen molar-refractivity contribution in [3.05, 3.63) is 90.0 Å². The summed E-state index contributed by atoms with van der Waals surface area (Å²) in [5, 5.41) is 2.86. The highest BCUT2D eigenvalue weighted by molar-refractivity contribution is 7.92. The molecule has 0 aliphatic heterocycles. The van der Waals surface area contributed by atoms with Crippen LogP contribution in [0.25, 0.3) is 0 Å². The van der Waals surface area contributed by atoms with Crippen LogP contribution in [0.1, 0.15) is 24.1 Å². The van der Waals surface area contributed by atoms with E-state index < -0.39 is 10.0 Å². The second kappa shape index (κ2) is 9.66. The molecule has 3 rings (SSSR count). The van der Waals surface area contributed by atoms with E-state index in [0.29, 0.717) is 17.2 Å². The van der Waals surface area contributed by atoms with Crippen molar-refractivity contribution in [3.63, 3.8) is 0 Å². The molecule has 0 bridgehead atoms. The number of nitrogens with one attached hydrogen (secondary N) is 1. The first-order valence-corrected chi connectivity index (χ1v) is 11.7. The highest BCUT2D eigenvalue weighted by atomic mass is 32.2. The van der Waals surface area contributed by atoms with Crippen molar-refractivity contribution >= 4 is 21.6 Å². The van der Waals surface area contributed by atoms with Gasteiger partial charge in [-0.2, -0.15) is 0 Å². The second-order valence-corrected chi connectivity index (χ2v) is 9.29. The number of amides is 1. The van der Waals surface area contributed by atoms with E-state index in [-0.39, 0.29) is 18.5 Å². The fraction of sp³-hybridized carbons (Fsp3) is 0.208. The molecular formula is C24H26N2O4S. The van der Waals surface area contributed by atoms with Crippen LogP contribution >= 0.6 is 0 Å². The molecule has 1 N–H and O–H groups in total. The van der Waals surface area contributed by atoms with Gasteiger partial charge in [0, 0.05) is 0 Å².